The topological polar surface area (TPSA) is 47.3 Å². The Kier molecular flexibility index (Phi) is 3.99. The Morgan fingerprint density at radius 3 is 2.45 bits per heavy atom. The fourth-order valence-corrected chi connectivity index (χ4v) is 1.81. The summed E-state index contributed by atoms with van der Waals surface area (Å²) >= 11 is 0. The van der Waals surface area contributed by atoms with Crippen molar-refractivity contribution in [1.29, 1.82) is 0 Å². The van der Waals surface area contributed by atoms with Gasteiger partial charge in [0, 0.05) is 19.7 Å². The van der Waals surface area contributed by atoms with Crippen LogP contribution in [0.2, 0.25) is 0 Å². The van der Waals surface area contributed by atoms with E-state index in [0.717, 1.165) is 5.56 Å². The Morgan fingerprint density at radius 2 is 1.95 bits per heavy atom. The number of hydrogen-bond acceptors (Lipinski definition) is 3. The third-order valence-corrected chi connectivity index (χ3v) is 2.69. The monoisotopic (exact) mass is 286 g/mol. The molecule has 2 rings (SSSR count). The maximum Gasteiger partial charge on any atom is 0.573 e. The highest BCUT2D eigenvalue weighted by atomic mass is 19.4. The fraction of sp³-hybridized carbons (Fsp3) is 0.308. The second-order valence-corrected chi connectivity index (χ2v) is 4.36. The second kappa shape index (κ2) is 5.54. The largest absolute Gasteiger partial charge is 0.573 e. The van der Waals surface area contributed by atoms with E-state index in [1.807, 2.05) is 0 Å². The highest BCUT2D eigenvalue weighted by Gasteiger charge is 2.31. The standard InChI is InChI=1S/C13H13F3N2O2/c1-18-8-9(7-17-18)6-12(19)10-2-4-11(5-3-10)20-13(14,15)16/h2-5,7-8,12,19H,6H2,1H3. The lowest BCUT2D eigenvalue weighted by atomic mass is 10.0. The second-order valence-electron chi connectivity index (χ2n) is 4.36. The fourth-order valence-electron chi connectivity index (χ4n) is 1.81. The van der Waals surface area contributed by atoms with E-state index in [2.05, 4.69) is 9.84 Å². The van der Waals surface area contributed by atoms with Crippen LogP contribution in [0.4, 0.5) is 13.2 Å². The molecule has 1 N–H and O–H groups in total. The predicted octanol–water partition coefficient (Wildman–Crippen LogP) is 2.59. The van der Waals surface area contributed by atoms with Crippen molar-refractivity contribution in [3.8, 4) is 5.75 Å². The molecule has 0 spiro atoms. The molecule has 0 amide bonds. The SMILES string of the molecule is Cn1cc(CC(O)c2ccc(OC(F)(F)F)cc2)cn1. The average molecular weight is 286 g/mol. The summed E-state index contributed by atoms with van der Waals surface area (Å²) in [5, 5.41) is 14.0. The van der Waals surface area contributed by atoms with Crippen LogP contribution in [-0.2, 0) is 13.5 Å². The molecule has 0 radical (unpaired) electrons. The van der Waals surface area contributed by atoms with Gasteiger partial charge in [-0.1, -0.05) is 12.1 Å². The van der Waals surface area contributed by atoms with E-state index in [-0.39, 0.29) is 5.75 Å². The number of aromatic nitrogens is 2. The molecule has 0 aliphatic rings. The normalized spacial score (nSPS) is 13.2. The first-order valence-corrected chi connectivity index (χ1v) is 5.85. The highest BCUT2D eigenvalue weighted by molar-refractivity contribution is 5.29. The first-order valence-electron chi connectivity index (χ1n) is 5.85. The van der Waals surface area contributed by atoms with E-state index >= 15 is 0 Å². The lowest BCUT2D eigenvalue weighted by Gasteiger charge is -2.12. The van der Waals surface area contributed by atoms with Crippen LogP contribution in [0.1, 0.15) is 17.2 Å². The van der Waals surface area contributed by atoms with Crippen molar-refractivity contribution in [2.75, 3.05) is 0 Å². The van der Waals surface area contributed by atoms with Crippen LogP contribution in [-0.4, -0.2) is 21.2 Å². The van der Waals surface area contributed by atoms with Crippen molar-refractivity contribution < 1.29 is 23.0 Å². The molecule has 20 heavy (non-hydrogen) atoms. The van der Waals surface area contributed by atoms with Gasteiger partial charge in [0.25, 0.3) is 0 Å². The first-order chi connectivity index (χ1) is 9.33. The smallest absolute Gasteiger partial charge is 0.406 e. The minimum atomic E-state index is -4.71. The molecule has 0 saturated carbocycles. The van der Waals surface area contributed by atoms with Gasteiger partial charge in [-0.3, -0.25) is 4.68 Å². The van der Waals surface area contributed by atoms with Crippen molar-refractivity contribution in [1.82, 2.24) is 9.78 Å². The number of halogens is 3. The maximum absolute atomic E-state index is 12.0. The number of aliphatic hydroxyl groups is 1. The molecule has 0 saturated heterocycles. The number of aliphatic hydroxyl groups excluding tert-OH is 1. The van der Waals surface area contributed by atoms with Crippen LogP contribution in [0.5, 0.6) is 5.75 Å². The van der Waals surface area contributed by atoms with Crippen LogP contribution in [0.3, 0.4) is 0 Å². The molecule has 1 aromatic heterocycles. The lowest BCUT2D eigenvalue weighted by molar-refractivity contribution is -0.274. The summed E-state index contributed by atoms with van der Waals surface area (Å²) < 4.78 is 41.4. The predicted molar refractivity (Wildman–Crippen MR) is 65.0 cm³/mol. The molecule has 0 aliphatic heterocycles. The Morgan fingerprint density at radius 1 is 1.30 bits per heavy atom. The van der Waals surface area contributed by atoms with Crippen molar-refractivity contribution in [2.24, 2.45) is 7.05 Å². The number of ether oxygens (including phenoxy) is 1. The van der Waals surface area contributed by atoms with Gasteiger partial charge in [0.2, 0.25) is 0 Å². The Bertz CT molecular complexity index is 564. The quantitative estimate of drug-likeness (QED) is 0.939. The van der Waals surface area contributed by atoms with Crippen LogP contribution < -0.4 is 4.74 Å². The van der Waals surface area contributed by atoms with Gasteiger partial charge >= 0.3 is 6.36 Å². The molecule has 108 valence electrons. The molecule has 4 nitrogen and oxygen atoms in total. The molecular weight excluding hydrogens is 273 g/mol. The third kappa shape index (κ3) is 3.99. The first kappa shape index (κ1) is 14.4. The minimum absolute atomic E-state index is 0.310. The van der Waals surface area contributed by atoms with Gasteiger partial charge < -0.3 is 9.84 Å². The molecule has 0 aliphatic carbocycles. The van der Waals surface area contributed by atoms with E-state index in [0.29, 0.717) is 12.0 Å². The van der Waals surface area contributed by atoms with Crippen LogP contribution in [0.25, 0.3) is 0 Å². The number of hydrogen-bond donors (Lipinski definition) is 1. The molecule has 0 bridgehead atoms. The van der Waals surface area contributed by atoms with E-state index in [1.54, 1.807) is 24.1 Å². The number of nitrogens with zero attached hydrogens (tertiary/aromatic N) is 2. The van der Waals surface area contributed by atoms with E-state index < -0.39 is 12.5 Å². The van der Waals surface area contributed by atoms with Gasteiger partial charge in [0.15, 0.2) is 0 Å². The summed E-state index contributed by atoms with van der Waals surface area (Å²) in [6.07, 6.45) is -1.78. The molecule has 0 fully saturated rings. The van der Waals surface area contributed by atoms with Crippen LogP contribution in [0, 0.1) is 0 Å². The summed E-state index contributed by atoms with van der Waals surface area (Å²) in [7, 11) is 1.76. The molecule has 1 aromatic carbocycles. The molecule has 1 unspecified atom stereocenters. The van der Waals surface area contributed by atoms with Gasteiger partial charge in [-0.2, -0.15) is 5.10 Å². The van der Waals surface area contributed by atoms with E-state index in [4.69, 9.17) is 0 Å². The third-order valence-electron chi connectivity index (χ3n) is 2.69. The van der Waals surface area contributed by atoms with Gasteiger partial charge in [0.1, 0.15) is 5.75 Å². The minimum Gasteiger partial charge on any atom is -0.406 e. The van der Waals surface area contributed by atoms with Crippen molar-refractivity contribution in [2.45, 2.75) is 18.9 Å². The Balaban J connectivity index is 2.02. The van der Waals surface area contributed by atoms with Gasteiger partial charge in [0.05, 0.1) is 12.3 Å². The summed E-state index contributed by atoms with van der Waals surface area (Å²) in [4.78, 5) is 0. The molecule has 1 heterocycles. The zero-order chi connectivity index (χ0) is 14.8. The Hall–Kier alpha value is -2.02. The zero-order valence-electron chi connectivity index (χ0n) is 10.6. The van der Waals surface area contributed by atoms with Crippen molar-refractivity contribution in [3.63, 3.8) is 0 Å². The van der Waals surface area contributed by atoms with Gasteiger partial charge in [-0.05, 0) is 23.3 Å². The van der Waals surface area contributed by atoms with Crippen molar-refractivity contribution >= 4 is 0 Å². The summed E-state index contributed by atoms with van der Waals surface area (Å²) in [5.41, 5.74) is 1.36. The van der Waals surface area contributed by atoms with E-state index in [1.165, 1.54) is 24.3 Å². The summed E-state index contributed by atoms with van der Waals surface area (Å²) in [6.45, 7) is 0. The lowest BCUT2D eigenvalue weighted by Crippen LogP contribution is -2.17. The summed E-state index contributed by atoms with van der Waals surface area (Å²) in [5.74, 6) is -0.310. The van der Waals surface area contributed by atoms with Crippen molar-refractivity contribution in [3.05, 3.63) is 47.8 Å². The van der Waals surface area contributed by atoms with Crippen LogP contribution in [0.15, 0.2) is 36.7 Å². The van der Waals surface area contributed by atoms with E-state index in [9.17, 15) is 18.3 Å². The maximum atomic E-state index is 12.0. The molecule has 2 aromatic rings. The molecular formula is C13H13F3N2O2. The number of aryl methyl sites for hydroxylation is 1. The number of benzene rings is 1. The number of rotatable bonds is 4. The zero-order valence-corrected chi connectivity index (χ0v) is 10.6. The van der Waals surface area contributed by atoms with Gasteiger partial charge in [-0.25, -0.2) is 0 Å². The molecule has 1 atom stereocenters. The number of alkyl halides is 3. The van der Waals surface area contributed by atoms with Gasteiger partial charge in [-0.15, -0.1) is 13.2 Å². The average Bonchev–Trinajstić information content (AvgIpc) is 2.73. The summed E-state index contributed by atoms with van der Waals surface area (Å²) in [6, 6.07) is 5.16. The Labute approximate surface area is 113 Å². The highest BCUT2D eigenvalue weighted by Crippen LogP contribution is 2.25. The van der Waals surface area contributed by atoms with Crippen LogP contribution >= 0.6 is 0 Å². The molecule has 7 heteroatoms.